The molecule has 0 saturated heterocycles. The van der Waals surface area contributed by atoms with E-state index in [0.717, 1.165) is 22.3 Å². The van der Waals surface area contributed by atoms with Crippen molar-refractivity contribution >= 4 is 45.0 Å². The number of rotatable bonds is 5. The maximum absolute atomic E-state index is 12.4. The third-order valence-electron chi connectivity index (χ3n) is 3.49. The van der Waals surface area contributed by atoms with Crippen molar-refractivity contribution in [2.45, 2.75) is 30.5 Å². The molecule has 0 fully saturated rings. The van der Waals surface area contributed by atoms with E-state index in [2.05, 4.69) is 28.3 Å². The largest absolute Gasteiger partial charge is 0.301 e. The number of nitrogens with zero attached hydrogens (tertiary/aromatic N) is 2. The molecule has 0 saturated carbocycles. The molecule has 1 aromatic carbocycles. The van der Waals surface area contributed by atoms with Crippen molar-refractivity contribution in [2.24, 2.45) is 0 Å². The van der Waals surface area contributed by atoms with Crippen molar-refractivity contribution in [3.05, 3.63) is 47.5 Å². The van der Waals surface area contributed by atoms with E-state index in [9.17, 15) is 4.79 Å². The Morgan fingerprint density at radius 2 is 2.22 bits per heavy atom. The Labute approximate surface area is 143 Å². The number of benzene rings is 1. The van der Waals surface area contributed by atoms with Gasteiger partial charge in [0, 0.05) is 17.0 Å². The highest BCUT2D eigenvalue weighted by molar-refractivity contribution is 8.00. The summed E-state index contributed by atoms with van der Waals surface area (Å²) in [7, 11) is 0. The zero-order valence-corrected chi connectivity index (χ0v) is 14.6. The lowest BCUT2D eigenvalue weighted by Gasteiger charge is -2.14. The van der Waals surface area contributed by atoms with Crippen LogP contribution in [0.4, 0.5) is 5.13 Å². The van der Waals surface area contributed by atoms with Crippen molar-refractivity contribution in [3.63, 3.8) is 0 Å². The number of hydrogen-bond donors (Lipinski definition) is 1. The summed E-state index contributed by atoms with van der Waals surface area (Å²) in [6.07, 6.45) is 2.41. The Hall–Kier alpha value is -1.92. The number of thioether (sulfide) groups is 1. The van der Waals surface area contributed by atoms with Crippen LogP contribution in [0.1, 0.15) is 18.9 Å². The smallest absolute Gasteiger partial charge is 0.239 e. The second kappa shape index (κ2) is 7.10. The number of hydrogen-bond acceptors (Lipinski definition) is 5. The van der Waals surface area contributed by atoms with Crippen LogP contribution in [-0.2, 0) is 4.79 Å². The third-order valence-corrected chi connectivity index (χ3v) is 5.46. The first-order valence-corrected chi connectivity index (χ1v) is 9.16. The molecule has 3 aromatic rings. The summed E-state index contributed by atoms with van der Waals surface area (Å²) in [5.41, 5.74) is 2.14. The van der Waals surface area contributed by atoms with E-state index in [1.54, 1.807) is 6.20 Å². The fourth-order valence-corrected chi connectivity index (χ4v) is 3.87. The van der Waals surface area contributed by atoms with Crippen molar-refractivity contribution < 1.29 is 4.79 Å². The van der Waals surface area contributed by atoms with Gasteiger partial charge >= 0.3 is 0 Å². The SMILES string of the molecule is CCC(Sc1cc(C)c2ccccc2n1)C(=O)Nc1nccs1. The van der Waals surface area contributed by atoms with Crippen LogP contribution in [0.3, 0.4) is 0 Å². The number of anilines is 1. The lowest BCUT2D eigenvalue weighted by atomic mass is 10.1. The van der Waals surface area contributed by atoms with Crippen LogP contribution in [0.25, 0.3) is 10.9 Å². The predicted molar refractivity (Wildman–Crippen MR) is 97.2 cm³/mol. The van der Waals surface area contributed by atoms with Crippen molar-refractivity contribution in [1.82, 2.24) is 9.97 Å². The molecule has 0 spiro atoms. The van der Waals surface area contributed by atoms with Crippen molar-refractivity contribution in [2.75, 3.05) is 5.32 Å². The number of amides is 1. The Kier molecular flexibility index (Phi) is 4.93. The fraction of sp³-hybridized carbons (Fsp3) is 0.235. The summed E-state index contributed by atoms with van der Waals surface area (Å²) in [6, 6.07) is 10.1. The fourth-order valence-electron chi connectivity index (χ4n) is 2.32. The minimum absolute atomic E-state index is 0.0277. The van der Waals surface area contributed by atoms with Crippen LogP contribution < -0.4 is 5.32 Å². The molecule has 2 heterocycles. The Balaban J connectivity index is 1.80. The molecule has 0 aliphatic carbocycles. The average Bonchev–Trinajstić information content (AvgIpc) is 3.05. The summed E-state index contributed by atoms with van der Waals surface area (Å²) in [6.45, 7) is 4.08. The van der Waals surface area contributed by atoms with Crippen LogP contribution in [0, 0.1) is 6.92 Å². The molecule has 0 radical (unpaired) electrons. The van der Waals surface area contributed by atoms with Gasteiger partial charge in [0.2, 0.25) is 5.91 Å². The number of carbonyl (C=O) groups excluding carboxylic acids is 1. The van der Waals surface area contributed by atoms with Crippen LogP contribution in [0.2, 0.25) is 0 Å². The predicted octanol–water partition coefficient (Wildman–Crippen LogP) is 4.51. The van der Waals surface area contributed by atoms with E-state index >= 15 is 0 Å². The second-order valence-electron chi connectivity index (χ2n) is 5.14. The van der Waals surface area contributed by atoms with Crippen LogP contribution >= 0.6 is 23.1 Å². The second-order valence-corrected chi connectivity index (χ2v) is 7.25. The van der Waals surface area contributed by atoms with Crippen molar-refractivity contribution in [1.29, 1.82) is 0 Å². The monoisotopic (exact) mass is 343 g/mol. The van der Waals surface area contributed by atoms with Crippen molar-refractivity contribution in [3.8, 4) is 0 Å². The van der Waals surface area contributed by atoms with Gasteiger partial charge in [0.15, 0.2) is 5.13 Å². The first kappa shape index (κ1) is 16.0. The Morgan fingerprint density at radius 1 is 1.39 bits per heavy atom. The van der Waals surface area contributed by atoms with E-state index in [1.807, 2.05) is 36.6 Å². The highest BCUT2D eigenvalue weighted by atomic mass is 32.2. The molecule has 1 amide bonds. The molecular weight excluding hydrogens is 326 g/mol. The van der Waals surface area contributed by atoms with Gasteiger partial charge in [0.05, 0.1) is 15.8 Å². The number of pyridine rings is 1. The highest BCUT2D eigenvalue weighted by Gasteiger charge is 2.20. The van der Waals surface area contributed by atoms with Gasteiger partial charge in [-0.15, -0.1) is 11.3 Å². The Morgan fingerprint density at radius 3 is 2.96 bits per heavy atom. The lowest BCUT2D eigenvalue weighted by molar-refractivity contribution is -0.115. The maximum Gasteiger partial charge on any atom is 0.239 e. The summed E-state index contributed by atoms with van der Waals surface area (Å²) >= 11 is 2.92. The summed E-state index contributed by atoms with van der Waals surface area (Å²) in [5.74, 6) is -0.0277. The number of carbonyl (C=O) groups is 1. The number of thiazole rings is 1. The number of nitrogens with one attached hydrogen (secondary N) is 1. The lowest BCUT2D eigenvalue weighted by Crippen LogP contribution is -2.24. The third kappa shape index (κ3) is 3.71. The zero-order valence-electron chi connectivity index (χ0n) is 12.9. The summed E-state index contributed by atoms with van der Waals surface area (Å²) in [4.78, 5) is 21.2. The van der Waals surface area contributed by atoms with E-state index in [0.29, 0.717) is 5.13 Å². The minimum atomic E-state index is -0.188. The van der Waals surface area contributed by atoms with Gasteiger partial charge in [-0.25, -0.2) is 9.97 Å². The normalized spacial score (nSPS) is 12.3. The van der Waals surface area contributed by atoms with Gasteiger partial charge in [-0.3, -0.25) is 4.79 Å². The maximum atomic E-state index is 12.4. The minimum Gasteiger partial charge on any atom is -0.301 e. The first-order chi connectivity index (χ1) is 11.2. The Bertz CT molecular complexity index is 818. The van der Waals surface area contributed by atoms with Gasteiger partial charge in [-0.1, -0.05) is 36.9 Å². The van der Waals surface area contributed by atoms with Crippen LogP contribution in [0.5, 0.6) is 0 Å². The molecule has 2 aromatic heterocycles. The number of para-hydroxylation sites is 1. The molecule has 6 heteroatoms. The van der Waals surface area contributed by atoms with E-state index < -0.39 is 0 Å². The van der Waals surface area contributed by atoms with Gasteiger partial charge in [-0.05, 0) is 31.0 Å². The van der Waals surface area contributed by atoms with Gasteiger partial charge in [-0.2, -0.15) is 0 Å². The molecule has 0 aliphatic heterocycles. The molecule has 0 aliphatic rings. The number of aryl methyl sites for hydroxylation is 1. The highest BCUT2D eigenvalue weighted by Crippen LogP contribution is 2.28. The quantitative estimate of drug-likeness (QED) is 0.693. The van der Waals surface area contributed by atoms with Gasteiger partial charge < -0.3 is 5.32 Å². The van der Waals surface area contributed by atoms with E-state index in [-0.39, 0.29) is 11.2 Å². The summed E-state index contributed by atoms with van der Waals surface area (Å²) in [5, 5.41) is 7.19. The standard InChI is InChI=1S/C17H17N3OS2/c1-3-14(16(21)20-17-18-8-9-22-17)23-15-10-11(2)12-6-4-5-7-13(12)19-15/h4-10,14H,3H2,1-2H3,(H,18,20,21). The number of fused-ring (bicyclic) bond motifs is 1. The molecule has 1 unspecified atom stereocenters. The van der Waals surface area contributed by atoms with E-state index in [1.165, 1.54) is 28.7 Å². The topological polar surface area (TPSA) is 54.9 Å². The molecule has 1 N–H and O–H groups in total. The molecule has 1 atom stereocenters. The summed E-state index contributed by atoms with van der Waals surface area (Å²) < 4.78 is 0. The molecular formula is C17H17N3OS2. The zero-order chi connectivity index (χ0) is 16.2. The van der Waals surface area contributed by atoms with Crippen LogP contribution in [0.15, 0.2) is 46.9 Å². The first-order valence-electron chi connectivity index (χ1n) is 7.40. The molecule has 4 nitrogen and oxygen atoms in total. The molecule has 23 heavy (non-hydrogen) atoms. The molecule has 0 bridgehead atoms. The molecule has 3 rings (SSSR count). The van der Waals surface area contributed by atoms with E-state index in [4.69, 9.17) is 0 Å². The molecule has 118 valence electrons. The van der Waals surface area contributed by atoms with Gasteiger partial charge in [0.1, 0.15) is 0 Å². The number of aromatic nitrogens is 2. The average molecular weight is 343 g/mol. The van der Waals surface area contributed by atoms with Crippen LogP contribution in [-0.4, -0.2) is 21.1 Å². The van der Waals surface area contributed by atoms with Gasteiger partial charge in [0.25, 0.3) is 0 Å².